The van der Waals surface area contributed by atoms with Gasteiger partial charge in [0.2, 0.25) is 5.91 Å². The van der Waals surface area contributed by atoms with Crippen molar-refractivity contribution in [2.75, 3.05) is 26.4 Å². The van der Waals surface area contributed by atoms with Crippen molar-refractivity contribution in [2.24, 2.45) is 7.05 Å². The van der Waals surface area contributed by atoms with Crippen molar-refractivity contribution in [3.05, 3.63) is 113 Å². The van der Waals surface area contributed by atoms with E-state index in [1.165, 1.54) is 29.8 Å². The smallest absolute Gasteiger partial charge is 0.246 e. The Morgan fingerprint density at radius 1 is 1.20 bits per heavy atom. The minimum Gasteiger partial charge on any atom is -0.501 e. The van der Waals surface area contributed by atoms with Crippen LogP contribution in [-0.2, 0) is 23.1 Å². The number of hydrogen-bond donors (Lipinski definition) is 1. The number of nitrogens with zero attached hydrogens (tertiary/aromatic N) is 6. The molecule has 0 radical (unpaired) electrons. The molecule has 2 unspecified atom stereocenters. The van der Waals surface area contributed by atoms with E-state index in [0.717, 1.165) is 38.8 Å². The third-order valence-electron chi connectivity index (χ3n) is 9.21. The fraction of sp³-hybridized carbons (Fsp3) is 0.263. The van der Waals surface area contributed by atoms with Crippen LogP contribution in [0.1, 0.15) is 47.9 Å². The number of hydrogen-bond acceptors (Lipinski definition) is 8. The first-order valence-electron chi connectivity index (χ1n) is 16.6. The van der Waals surface area contributed by atoms with Crippen LogP contribution in [0, 0.1) is 0 Å². The van der Waals surface area contributed by atoms with Gasteiger partial charge in [0.25, 0.3) is 0 Å². The average molecular weight is 711 g/mol. The Kier molecular flexibility index (Phi) is 9.65. The summed E-state index contributed by atoms with van der Waals surface area (Å²) in [6.07, 6.45) is 11.3. The van der Waals surface area contributed by atoms with Gasteiger partial charge in [0.15, 0.2) is 0 Å². The molecule has 51 heavy (non-hydrogen) atoms. The molecule has 2 atom stereocenters. The Balaban J connectivity index is 1.47. The molecular weight excluding hydrogens is 675 g/mol. The average Bonchev–Trinajstić information content (AvgIpc) is 3.87. The first-order valence-corrected chi connectivity index (χ1v) is 17.4. The number of carbonyl (C=O) groups excluding carboxylic acids is 1. The van der Waals surface area contributed by atoms with Crippen LogP contribution < -0.4 is 4.74 Å². The number of aromatic nitrogens is 5. The predicted molar refractivity (Wildman–Crippen MR) is 193 cm³/mol. The van der Waals surface area contributed by atoms with Crippen molar-refractivity contribution < 1.29 is 28.2 Å². The van der Waals surface area contributed by atoms with Gasteiger partial charge in [-0.2, -0.15) is 10.2 Å². The number of allylic oxidation sites excluding steroid dienone is 4. The van der Waals surface area contributed by atoms with Gasteiger partial charge >= 0.3 is 0 Å². The topological polar surface area (TPSA) is 108 Å². The number of fused-ring (bicyclic) bond motifs is 5. The number of aliphatic hydroxyl groups is 1. The highest BCUT2D eigenvalue weighted by molar-refractivity contribution is 7.17. The summed E-state index contributed by atoms with van der Waals surface area (Å²) in [5.41, 5.74) is 4.78. The fourth-order valence-electron chi connectivity index (χ4n) is 6.70. The molecule has 0 fully saturated rings. The SMILES string of the molecule is C=CC(=O)N1CCn2nc(C3CCO/C=C/C(F)=C\C(F)=C\c4c3nc(-c3cc5cnn(C)c5cc3OC/C=C/CO)c3ccsc43)cc2C1C. The molecule has 7 rings (SSSR count). The molecular formula is C38H36F2N6O4S. The van der Waals surface area contributed by atoms with Crippen LogP contribution >= 0.6 is 11.3 Å². The predicted octanol–water partition coefficient (Wildman–Crippen LogP) is 7.29. The molecule has 0 bridgehead atoms. The maximum atomic E-state index is 15.6. The van der Waals surface area contributed by atoms with Crippen molar-refractivity contribution in [3.8, 4) is 17.0 Å². The Morgan fingerprint density at radius 3 is 2.88 bits per heavy atom. The van der Waals surface area contributed by atoms with Gasteiger partial charge in [-0.05, 0) is 55.2 Å². The summed E-state index contributed by atoms with van der Waals surface area (Å²) in [5.74, 6) is -1.66. The summed E-state index contributed by atoms with van der Waals surface area (Å²) in [7, 11) is 1.85. The molecule has 0 spiro atoms. The molecule has 1 aromatic carbocycles. The van der Waals surface area contributed by atoms with E-state index in [1.54, 1.807) is 27.9 Å². The van der Waals surface area contributed by atoms with E-state index in [4.69, 9.17) is 19.6 Å². The first-order chi connectivity index (χ1) is 24.8. The maximum Gasteiger partial charge on any atom is 0.246 e. The van der Waals surface area contributed by atoms with Crippen LogP contribution in [0.15, 0.2) is 90.7 Å². The molecule has 13 heteroatoms. The highest BCUT2D eigenvalue weighted by Crippen LogP contribution is 2.44. The zero-order valence-electron chi connectivity index (χ0n) is 28.1. The molecule has 1 N–H and O–H groups in total. The lowest BCUT2D eigenvalue weighted by molar-refractivity contribution is -0.129. The van der Waals surface area contributed by atoms with Gasteiger partial charge in [0, 0.05) is 64.3 Å². The Bertz CT molecular complexity index is 2260. The molecule has 2 aliphatic heterocycles. The van der Waals surface area contributed by atoms with E-state index >= 15 is 4.39 Å². The number of benzene rings is 1. The zero-order chi connectivity index (χ0) is 35.6. The monoisotopic (exact) mass is 710 g/mol. The van der Waals surface area contributed by atoms with Gasteiger partial charge in [-0.25, -0.2) is 8.78 Å². The van der Waals surface area contributed by atoms with Gasteiger partial charge in [0.05, 0.1) is 66.6 Å². The fourth-order valence-corrected chi connectivity index (χ4v) is 7.62. The molecule has 2 aliphatic rings. The maximum absolute atomic E-state index is 15.6. The number of aliphatic hydroxyl groups excluding tert-OH is 1. The number of pyridine rings is 1. The third kappa shape index (κ3) is 6.62. The minimum atomic E-state index is -0.786. The second kappa shape index (κ2) is 14.4. The second-order valence-corrected chi connectivity index (χ2v) is 13.2. The largest absolute Gasteiger partial charge is 0.501 e. The molecule has 0 saturated carbocycles. The lowest BCUT2D eigenvalue weighted by atomic mass is 9.91. The number of amides is 1. The van der Waals surface area contributed by atoms with Crippen LogP contribution in [0.25, 0.3) is 38.3 Å². The second-order valence-electron chi connectivity index (χ2n) is 12.3. The van der Waals surface area contributed by atoms with Gasteiger partial charge in [-0.1, -0.05) is 12.7 Å². The number of thiophene rings is 1. The standard InChI is InChI=1S/C38H36F2N6O4S/c1-4-35(48)45-10-11-46-32(23(45)2)20-31(43-46)27-8-15-49-14-7-25(39)18-26(40)19-30-36(27)42-37(28-9-16-51-38(28)30)29-17-24-22-41-44(3)33(24)21-34(29)50-13-6-5-12-47/h4-7,9,14,16-23,27,47H,1,8,10-13,15H2,2-3H3/b6-5+,14-7+,25-18+,26-19-. The molecule has 262 valence electrons. The Hall–Kier alpha value is -5.40. The number of ether oxygens (including phenoxy) is 2. The molecule has 1 amide bonds. The van der Waals surface area contributed by atoms with Crippen LogP contribution in [0.5, 0.6) is 5.75 Å². The molecule has 0 saturated heterocycles. The van der Waals surface area contributed by atoms with E-state index in [1.807, 2.05) is 48.3 Å². The van der Waals surface area contributed by atoms with E-state index in [2.05, 4.69) is 11.7 Å². The van der Waals surface area contributed by atoms with Crippen molar-refractivity contribution in [1.29, 1.82) is 0 Å². The highest BCUT2D eigenvalue weighted by atomic mass is 32.1. The number of carbonyl (C=O) groups is 1. The van der Waals surface area contributed by atoms with Crippen LogP contribution in [0.2, 0.25) is 0 Å². The summed E-state index contributed by atoms with van der Waals surface area (Å²) < 4.78 is 46.7. The van der Waals surface area contributed by atoms with Gasteiger partial charge in [-0.3, -0.25) is 19.1 Å². The van der Waals surface area contributed by atoms with E-state index in [0.29, 0.717) is 53.5 Å². The lowest BCUT2D eigenvalue weighted by Gasteiger charge is -2.33. The summed E-state index contributed by atoms with van der Waals surface area (Å²) in [6.45, 7) is 6.89. The van der Waals surface area contributed by atoms with E-state index in [-0.39, 0.29) is 31.8 Å². The van der Waals surface area contributed by atoms with Gasteiger partial charge in [-0.15, -0.1) is 11.3 Å². The Morgan fingerprint density at radius 2 is 2.06 bits per heavy atom. The Labute approximate surface area is 296 Å². The van der Waals surface area contributed by atoms with Crippen molar-refractivity contribution in [3.63, 3.8) is 0 Å². The van der Waals surface area contributed by atoms with Crippen molar-refractivity contribution in [1.82, 2.24) is 29.4 Å². The number of halogens is 2. The molecule has 6 heterocycles. The quantitative estimate of drug-likeness (QED) is 0.140. The minimum absolute atomic E-state index is 0.109. The summed E-state index contributed by atoms with van der Waals surface area (Å²) >= 11 is 1.43. The molecule has 0 aliphatic carbocycles. The summed E-state index contributed by atoms with van der Waals surface area (Å²) in [4.78, 5) is 19.7. The number of rotatable bonds is 7. The number of aryl methyl sites for hydroxylation is 1. The van der Waals surface area contributed by atoms with Crippen LogP contribution in [-0.4, -0.2) is 66.8 Å². The van der Waals surface area contributed by atoms with Gasteiger partial charge < -0.3 is 19.5 Å². The summed E-state index contributed by atoms with van der Waals surface area (Å²) in [6, 6.07) is 7.55. The first kappa shape index (κ1) is 34.1. The summed E-state index contributed by atoms with van der Waals surface area (Å²) in [5, 5.41) is 22.3. The van der Waals surface area contributed by atoms with E-state index in [9.17, 15) is 14.3 Å². The van der Waals surface area contributed by atoms with Crippen molar-refractivity contribution >= 4 is 44.3 Å². The van der Waals surface area contributed by atoms with Crippen molar-refractivity contribution in [2.45, 2.75) is 31.8 Å². The van der Waals surface area contributed by atoms with Crippen LogP contribution in [0.4, 0.5) is 8.78 Å². The van der Waals surface area contributed by atoms with E-state index < -0.39 is 17.6 Å². The zero-order valence-corrected chi connectivity index (χ0v) is 28.9. The van der Waals surface area contributed by atoms with Gasteiger partial charge in [0.1, 0.15) is 24.0 Å². The lowest BCUT2D eigenvalue weighted by Crippen LogP contribution is -2.40. The van der Waals surface area contributed by atoms with Crippen LogP contribution in [0.3, 0.4) is 0 Å². The molecule has 4 aromatic heterocycles. The third-order valence-corrected chi connectivity index (χ3v) is 10.2. The molecule has 10 nitrogen and oxygen atoms in total. The molecule has 5 aromatic rings. The normalized spacial score (nSPS) is 20.8. The highest BCUT2D eigenvalue weighted by Gasteiger charge is 2.32.